The van der Waals surface area contributed by atoms with Gasteiger partial charge < -0.3 is 14.2 Å². The number of carbonyl (C=O) groups is 1. The lowest BCUT2D eigenvalue weighted by Gasteiger charge is -2.09. The van der Waals surface area contributed by atoms with Crippen molar-refractivity contribution in [3.63, 3.8) is 0 Å². The maximum Gasteiger partial charge on any atom is 0.331 e. The fourth-order valence-corrected chi connectivity index (χ4v) is 2.86. The molecule has 2 aromatic heterocycles. The van der Waals surface area contributed by atoms with Crippen molar-refractivity contribution in [3.8, 4) is 11.5 Å². The van der Waals surface area contributed by atoms with Crippen molar-refractivity contribution in [2.24, 2.45) is 0 Å². The van der Waals surface area contributed by atoms with Crippen molar-refractivity contribution in [2.45, 2.75) is 20.5 Å². The zero-order valence-corrected chi connectivity index (χ0v) is 16.5. The molecule has 29 heavy (non-hydrogen) atoms. The number of fused-ring (bicyclic) bond motifs is 1. The van der Waals surface area contributed by atoms with E-state index in [9.17, 15) is 9.59 Å². The van der Waals surface area contributed by atoms with Gasteiger partial charge in [0.05, 0.1) is 19.4 Å². The van der Waals surface area contributed by atoms with E-state index in [1.165, 1.54) is 16.5 Å². The summed E-state index contributed by atoms with van der Waals surface area (Å²) in [7, 11) is 1.56. The third-order valence-corrected chi connectivity index (χ3v) is 4.19. The summed E-state index contributed by atoms with van der Waals surface area (Å²) in [4.78, 5) is 28.7. The summed E-state index contributed by atoms with van der Waals surface area (Å²) in [6.07, 6.45) is 2.93. The van der Waals surface area contributed by atoms with Gasteiger partial charge in [0, 0.05) is 17.8 Å². The van der Waals surface area contributed by atoms with E-state index in [0.29, 0.717) is 29.4 Å². The van der Waals surface area contributed by atoms with E-state index in [4.69, 9.17) is 14.2 Å². The molecule has 3 aromatic rings. The standard InChI is InChI=1S/C22H22N2O5/c1-4-28-18-10-8-16(12-19(18)27-3)9-11-22(26)29-14-17-13-21(25)24-15(2)6-5-7-20(24)23-17/h5-13H,4,14H2,1-3H3/b11-9+. The van der Waals surface area contributed by atoms with Crippen LogP contribution in [0.4, 0.5) is 0 Å². The Bertz CT molecular complexity index is 1120. The summed E-state index contributed by atoms with van der Waals surface area (Å²) in [6.45, 7) is 4.17. The molecule has 0 N–H and O–H groups in total. The topological polar surface area (TPSA) is 79.1 Å². The number of carbonyl (C=O) groups excluding carboxylic acids is 1. The first-order chi connectivity index (χ1) is 14.0. The van der Waals surface area contributed by atoms with Gasteiger partial charge in [-0.3, -0.25) is 9.20 Å². The van der Waals surface area contributed by atoms with Gasteiger partial charge in [0.2, 0.25) is 0 Å². The number of ether oxygens (including phenoxy) is 3. The largest absolute Gasteiger partial charge is 0.493 e. The molecule has 150 valence electrons. The maximum atomic E-state index is 12.3. The molecule has 0 saturated carbocycles. The molecule has 3 rings (SSSR count). The van der Waals surface area contributed by atoms with Crippen LogP contribution in [0.1, 0.15) is 23.9 Å². The molecular formula is C22H22N2O5. The van der Waals surface area contributed by atoms with Crippen LogP contribution < -0.4 is 15.0 Å². The van der Waals surface area contributed by atoms with Crippen molar-refractivity contribution < 1.29 is 19.0 Å². The van der Waals surface area contributed by atoms with Crippen LogP contribution in [0.15, 0.2) is 53.3 Å². The van der Waals surface area contributed by atoms with Crippen LogP contribution in [-0.2, 0) is 16.1 Å². The van der Waals surface area contributed by atoms with Gasteiger partial charge in [-0.25, -0.2) is 9.78 Å². The third-order valence-electron chi connectivity index (χ3n) is 4.19. The quantitative estimate of drug-likeness (QED) is 0.452. The second-order valence-electron chi connectivity index (χ2n) is 6.23. The molecule has 0 fully saturated rings. The molecule has 7 heteroatoms. The molecular weight excluding hydrogens is 372 g/mol. The molecule has 0 aliphatic carbocycles. The number of nitrogens with zero attached hydrogens (tertiary/aromatic N) is 2. The number of aryl methyl sites for hydroxylation is 1. The van der Waals surface area contributed by atoms with Gasteiger partial charge >= 0.3 is 5.97 Å². The van der Waals surface area contributed by atoms with Gasteiger partial charge in [-0.15, -0.1) is 0 Å². The predicted molar refractivity (Wildman–Crippen MR) is 109 cm³/mol. The number of rotatable bonds is 7. The highest BCUT2D eigenvalue weighted by Crippen LogP contribution is 2.28. The van der Waals surface area contributed by atoms with E-state index < -0.39 is 5.97 Å². The van der Waals surface area contributed by atoms with E-state index in [-0.39, 0.29) is 12.2 Å². The molecule has 0 aliphatic heterocycles. The van der Waals surface area contributed by atoms with Crippen LogP contribution in [0.25, 0.3) is 11.7 Å². The van der Waals surface area contributed by atoms with Crippen LogP contribution in [-0.4, -0.2) is 29.1 Å². The average molecular weight is 394 g/mol. The lowest BCUT2D eigenvalue weighted by Crippen LogP contribution is -2.18. The minimum Gasteiger partial charge on any atom is -0.493 e. The van der Waals surface area contributed by atoms with Crippen molar-refractivity contribution in [2.75, 3.05) is 13.7 Å². The average Bonchev–Trinajstić information content (AvgIpc) is 2.71. The summed E-state index contributed by atoms with van der Waals surface area (Å²) >= 11 is 0. The molecule has 0 saturated heterocycles. The number of benzene rings is 1. The number of methoxy groups -OCH3 is 1. The van der Waals surface area contributed by atoms with Crippen molar-refractivity contribution in [1.29, 1.82) is 0 Å². The molecule has 0 atom stereocenters. The first-order valence-corrected chi connectivity index (χ1v) is 9.15. The Morgan fingerprint density at radius 2 is 2.00 bits per heavy atom. The fourth-order valence-electron chi connectivity index (χ4n) is 2.86. The van der Waals surface area contributed by atoms with Gasteiger partial charge in [0.1, 0.15) is 12.3 Å². The van der Waals surface area contributed by atoms with Crippen LogP contribution >= 0.6 is 0 Å². The zero-order chi connectivity index (χ0) is 20.8. The SMILES string of the molecule is CCOc1ccc(/C=C/C(=O)OCc2cc(=O)n3c(C)cccc3n2)cc1OC. The molecule has 1 aromatic carbocycles. The van der Waals surface area contributed by atoms with Crippen molar-refractivity contribution in [1.82, 2.24) is 9.38 Å². The first-order valence-electron chi connectivity index (χ1n) is 9.15. The molecule has 0 unspecified atom stereocenters. The number of hydrogen-bond donors (Lipinski definition) is 0. The Morgan fingerprint density at radius 3 is 2.76 bits per heavy atom. The molecule has 7 nitrogen and oxygen atoms in total. The van der Waals surface area contributed by atoms with Crippen LogP contribution in [0.2, 0.25) is 0 Å². The number of pyridine rings is 1. The normalized spacial score (nSPS) is 11.0. The predicted octanol–water partition coefficient (Wildman–Crippen LogP) is 3.17. The van der Waals surface area contributed by atoms with Crippen LogP contribution in [0.3, 0.4) is 0 Å². The highest BCUT2D eigenvalue weighted by molar-refractivity contribution is 5.87. The molecule has 2 heterocycles. The molecule has 0 radical (unpaired) electrons. The van der Waals surface area contributed by atoms with Crippen molar-refractivity contribution >= 4 is 17.7 Å². The fraction of sp³-hybridized carbons (Fsp3) is 0.227. The van der Waals surface area contributed by atoms with Crippen LogP contribution in [0, 0.1) is 6.92 Å². The van der Waals surface area contributed by atoms with E-state index in [2.05, 4.69) is 4.98 Å². The lowest BCUT2D eigenvalue weighted by molar-refractivity contribution is -0.139. The number of hydrogen-bond acceptors (Lipinski definition) is 6. The molecule has 0 bridgehead atoms. The third kappa shape index (κ3) is 4.82. The first kappa shape index (κ1) is 20.1. The highest BCUT2D eigenvalue weighted by Gasteiger charge is 2.07. The van der Waals surface area contributed by atoms with E-state index in [1.54, 1.807) is 31.4 Å². The minimum atomic E-state index is -0.538. The minimum absolute atomic E-state index is 0.0878. The van der Waals surface area contributed by atoms with E-state index in [0.717, 1.165) is 11.3 Å². The summed E-state index contributed by atoms with van der Waals surface area (Å²) in [6, 6.07) is 12.1. The van der Waals surface area contributed by atoms with Gasteiger partial charge in [0.25, 0.3) is 5.56 Å². The zero-order valence-electron chi connectivity index (χ0n) is 16.5. The Balaban J connectivity index is 1.67. The molecule has 0 aliphatic rings. The Morgan fingerprint density at radius 1 is 1.17 bits per heavy atom. The van der Waals surface area contributed by atoms with Gasteiger partial charge in [-0.05, 0) is 49.8 Å². The summed E-state index contributed by atoms with van der Waals surface area (Å²) in [5.74, 6) is 0.682. The van der Waals surface area contributed by atoms with Crippen LogP contribution in [0.5, 0.6) is 11.5 Å². The van der Waals surface area contributed by atoms with Gasteiger partial charge in [0.15, 0.2) is 11.5 Å². The van der Waals surface area contributed by atoms with Crippen molar-refractivity contribution in [3.05, 3.63) is 75.8 Å². The molecule has 0 amide bonds. The summed E-state index contributed by atoms with van der Waals surface area (Å²) in [5.41, 5.74) is 2.25. The van der Waals surface area contributed by atoms with E-state index >= 15 is 0 Å². The summed E-state index contributed by atoms with van der Waals surface area (Å²) < 4.78 is 17.5. The Hall–Kier alpha value is -3.61. The summed E-state index contributed by atoms with van der Waals surface area (Å²) in [5, 5.41) is 0. The molecule has 0 spiro atoms. The van der Waals surface area contributed by atoms with Gasteiger partial charge in [-0.1, -0.05) is 12.1 Å². The Kier molecular flexibility index (Phi) is 6.29. The maximum absolute atomic E-state index is 12.3. The second kappa shape index (κ2) is 9.05. The number of esters is 1. The van der Waals surface area contributed by atoms with Gasteiger partial charge in [-0.2, -0.15) is 0 Å². The Labute approximate surface area is 168 Å². The smallest absolute Gasteiger partial charge is 0.331 e. The van der Waals surface area contributed by atoms with E-state index in [1.807, 2.05) is 32.0 Å². The highest BCUT2D eigenvalue weighted by atomic mass is 16.5. The lowest BCUT2D eigenvalue weighted by atomic mass is 10.2. The second-order valence-corrected chi connectivity index (χ2v) is 6.23. The number of aromatic nitrogens is 2. The monoisotopic (exact) mass is 394 g/mol.